The Hall–Kier alpha value is -1.50. The number of halogens is 3. The third kappa shape index (κ3) is 3.33. The van der Waals surface area contributed by atoms with Crippen LogP contribution >= 0.6 is 0 Å². The number of nitrogen functional groups attached to an aromatic ring is 1. The predicted octanol–water partition coefficient (Wildman–Crippen LogP) is 2.42. The molecule has 20 heavy (non-hydrogen) atoms. The molecule has 0 radical (unpaired) electrons. The van der Waals surface area contributed by atoms with Gasteiger partial charge in [-0.2, -0.15) is 13.2 Å². The fraction of sp³-hybridized carbons (Fsp3) is 0.615. The maximum absolute atomic E-state index is 12.8. The normalized spacial score (nSPS) is 19.6. The quantitative estimate of drug-likeness (QED) is 0.893. The van der Waals surface area contributed by atoms with Crippen LogP contribution in [0, 0.1) is 0 Å². The molecule has 1 aliphatic heterocycles. The van der Waals surface area contributed by atoms with E-state index in [0.717, 1.165) is 31.4 Å². The molecular formula is C13H18F3N3O. The van der Waals surface area contributed by atoms with Crippen molar-refractivity contribution in [1.82, 2.24) is 4.98 Å². The Labute approximate surface area is 115 Å². The summed E-state index contributed by atoms with van der Waals surface area (Å²) in [6.07, 6.45) is -1.23. The largest absolute Gasteiger partial charge is 0.416 e. The molecule has 1 fully saturated rings. The molecule has 1 atom stereocenters. The molecule has 4 nitrogen and oxygen atoms in total. The van der Waals surface area contributed by atoms with Crippen molar-refractivity contribution in [2.24, 2.45) is 0 Å². The first-order valence-corrected chi connectivity index (χ1v) is 6.64. The van der Waals surface area contributed by atoms with Crippen molar-refractivity contribution in [3.63, 3.8) is 0 Å². The molecule has 1 saturated heterocycles. The lowest BCUT2D eigenvalue weighted by Gasteiger charge is -2.26. The molecule has 0 bridgehead atoms. The fourth-order valence-electron chi connectivity index (χ4n) is 2.61. The van der Waals surface area contributed by atoms with Crippen molar-refractivity contribution in [2.75, 3.05) is 23.8 Å². The number of aromatic nitrogens is 1. The number of alkyl halides is 3. The molecule has 0 aromatic carbocycles. The van der Waals surface area contributed by atoms with Gasteiger partial charge in [0, 0.05) is 19.2 Å². The predicted molar refractivity (Wildman–Crippen MR) is 70.3 cm³/mol. The lowest BCUT2D eigenvalue weighted by Crippen LogP contribution is -2.30. The molecule has 0 saturated carbocycles. The van der Waals surface area contributed by atoms with Crippen molar-refractivity contribution >= 4 is 11.6 Å². The molecule has 0 spiro atoms. The minimum Gasteiger partial charge on any atom is -0.396 e. The Morgan fingerprint density at radius 2 is 2.15 bits per heavy atom. The molecule has 1 aliphatic rings. The van der Waals surface area contributed by atoms with Gasteiger partial charge in [-0.15, -0.1) is 0 Å². The molecule has 7 heteroatoms. The van der Waals surface area contributed by atoms with E-state index in [4.69, 9.17) is 10.8 Å². The van der Waals surface area contributed by atoms with Gasteiger partial charge in [-0.25, -0.2) is 4.98 Å². The SMILES string of the molecule is Nc1cc(C(F)(F)F)cc(N2CCCC2CCCO)n1. The summed E-state index contributed by atoms with van der Waals surface area (Å²) in [5, 5.41) is 8.88. The second kappa shape index (κ2) is 5.87. The van der Waals surface area contributed by atoms with E-state index in [9.17, 15) is 13.2 Å². The van der Waals surface area contributed by atoms with Crippen LogP contribution in [0.15, 0.2) is 12.1 Å². The van der Waals surface area contributed by atoms with Crippen LogP contribution in [0.3, 0.4) is 0 Å². The number of aliphatic hydroxyl groups excluding tert-OH is 1. The van der Waals surface area contributed by atoms with Crippen molar-refractivity contribution in [3.05, 3.63) is 17.7 Å². The van der Waals surface area contributed by atoms with Gasteiger partial charge in [-0.05, 0) is 37.8 Å². The third-order valence-electron chi connectivity index (χ3n) is 3.53. The molecule has 2 rings (SSSR count). The van der Waals surface area contributed by atoms with Gasteiger partial charge < -0.3 is 15.7 Å². The zero-order chi connectivity index (χ0) is 14.8. The molecule has 0 aliphatic carbocycles. The first-order chi connectivity index (χ1) is 9.41. The summed E-state index contributed by atoms with van der Waals surface area (Å²) in [6.45, 7) is 0.756. The second-order valence-corrected chi connectivity index (χ2v) is 4.99. The number of nitrogens with two attached hydrogens (primary N) is 1. The Balaban J connectivity index is 2.25. The van der Waals surface area contributed by atoms with Crippen LogP contribution in [-0.4, -0.2) is 29.3 Å². The van der Waals surface area contributed by atoms with Crippen molar-refractivity contribution in [3.8, 4) is 0 Å². The second-order valence-electron chi connectivity index (χ2n) is 4.99. The molecule has 0 amide bonds. The van der Waals surface area contributed by atoms with E-state index in [1.807, 2.05) is 4.90 Å². The van der Waals surface area contributed by atoms with E-state index < -0.39 is 11.7 Å². The van der Waals surface area contributed by atoms with E-state index in [0.29, 0.717) is 13.0 Å². The van der Waals surface area contributed by atoms with Gasteiger partial charge >= 0.3 is 6.18 Å². The molecule has 1 aromatic rings. The number of nitrogens with zero attached hydrogens (tertiary/aromatic N) is 2. The summed E-state index contributed by atoms with van der Waals surface area (Å²) < 4.78 is 38.4. The average Bonchev–Trinajstić information content (AvgIpc) is 2.82. The highest BCUT2D eigenvalue weighted by molar-refractivity contribution is 5.50. The molecule has 1 aromatic heterocycles. The minimum atomic E-state index is -4.42. The summed E-state index contributed by atoms with van der Waals surface area (Å²) in [5.74, 6) is 0.153. The van der Waals surface area contributed by atoms with Crippen LogP contribution in [0.4, 0.5) is 24.8 Å². The van der Waals surface area contributed by atoms with Crippen LogP contribution in [0.1, 0.15) is 31.2 Å². The van der Waals surface area contributed by atoms with Crippen LogP contribution in [0.25, 0.3) is 0 Å². The molecule has 112 valence electrons. The Morgan fingerprint density at radius 3 is 2.80 bits per heavy atom. The monoisotopic (exact) mass is 289 g/mol. The molecule has 3 N–H and O–H groups in total. The number of hydrogen-bond donors (Lipinski definition) is 2. The Bertz CT molecular complexity index is 465. The van der Waals surface area contributed by atoms with Gasteiger partial charge in [0.2, 0.25) is 0 Å². The van der Waals surface area contributed by atoms with Crippen molar-refractivity contribution in [2.45, 2.75) is 37.9 Å². The summed E-state index contributed by atoms with van der Waals surface area (Å²) >= 11 is 0. The smallest absolute Gasteiger partial charge is 0.396 e. The van der Waals surface area contributed by atoms with E-state index in [1.165, 1.54) is 0 Å². The van der Waals surface area contributed by atoms with E-state index >= 15 is 0 Å². The maximum atomic E-state index is 12.8. The number of rotatable bonds is 4. The molecule has 1 unspecified atom stereocenters. The van der Waals surface area contributed by atoms with Crippen LogP contribution in [0.2, 0.25) is 0 Å². The van der Waals surface area contributed by atoms with Gasteiger partial charge in [0.25, 0.3) is 0 Å². The summed E-state index contributed by atoms with van der Waals surface area (Å²) in [7, 11) is 0. The highest BCUT2D eigenvalue weighted by Gasteiger charge is 2.33. The van der Waals surface area contributed by atoms with Crippen LogP contribution in [-0.2, 0) is 6.18 Å². The highest BCUT2D eigenvalue weighted by Crippen LogP contribution is 2.34. The Morgan fingerprint density at radius 1 is 1.40 bits per heavy atom. The van der Waals surface area contributed by atoms with E-state index in [2.05, 4.69) is 4.98 Å². The maximum Gasteiger partial charge on any atom is 0.416 e. The average molecular weight is 289 g/mol. The Kier molecular flexibility index (Phi) is 4.37. The van der Waals surface area contributed by atoms with Crippen LogP contribution in [0.5, 0.6) is 0 Å². The van der Waals surface area contributed by atoms with Gasteiger partial charge in [0.1, 0.15) is 11.6 Å². The van der Waals surface area contributed by atoms with E-state index in [1.54, 1.807) is 0 Å². The first-order valence-electron chi connectivity index (χ1n) is 6.64. The topological polar surface area (TPSA) is 62.4 Å². The lowest BCUT2D eigenvalue weighted by atomic mass is 10.1. The number of anilines is 2. The standard InChI is InChI=1S/C13H18F3N3O/c14-13(15,16)9-7-11(17)18-12(8-9)19-5-1-3-10(19)4-2-6-20/h7-8,10,20H,1-6H2,(H2,17,18). The van der Waals surface area contributed by atoms with Crippen LogP contribution < -0.4 is 10.6 Å². The molecule has 2 heterocycles. The number of hydrogen-bond acceptors (Lipinski definition) is 4. The molecular weight excluding hydrogens is 271 g/mol. The summed E-state index contributed by atoms with van der Waals surface area (Å²) in [4.78, 5) is 5.89. The summed E-state index contributed by atoms with van der Waals surface area (Å²) in [6, 6.07) is 2.02. The fourth-order valence-corrected chi connectivity index (χ4v) is 2.61. The van der Waals surface area contributed by atoms with Gasteiger partial charge in [-0.1, -0.05) is 0 Å². The first kappa shape index (κ1) is 14.9. The van der Waals surface area contributed by atoms with Gasteiger partial charge in [-0.3, -0.25) is 0 Å². The zero-order valence-corrected chi connectivity index (χ0v) is 11.0. The number of aliphatic hydroxyl groups is 1. The number of pyridine rings is 1. The minimum absolute atomic E-state index is 0.0858. The highest BCUT2D eigenvalue weighted by atomic mass is 19.4. The summed E-state index contributed by atoms with van der Waals surface area (Å²) in [5.41, 5.74) is 4.72. The van der Waals surface area contributed by atoms with E-state index in [-0.39, 0.29) is 24.3 Å². The zero-order valence-electron chi connectivity index (χ0n) is 11.0. The van der Waals surface area contributed by atoms with Crippen molar-refractivity contribution in [1.29, 1.82) is 0 Å². The third-order valence-corrected chi connectivity index (χ3v) is 3.53. The van der Waals surface area contributed by atoms with Gasteiger partial charge in [0.15, 0.2) is 0 Å². The van der Waals surface area contributed by atoms with Gasteiger partial charge in [0.05, 0.1) is 5.56 Å². The van der Waals surface area contributed by atoms with Crippen molar-refractivity contribution < 1.29 is 18.3 Å². The lowest BCUT2D eigenvalue weighted by molar-refractivity contribution is -0.137.